The van der Waals surface area contributed by atoms with Crippen LogP contribution in [0.5, 0.6) is 5.75 Å². The van der Waals surface area contributed by atoms with Crippen molar-refractivity contribution in [1.82, 2.24) is 19.6 Å². The van der Waals surface area contributed by atoms with E-state index in [1.165, 1.54) is 35.2 Å². The summed E-state index contributed by atoms with van der Waals surface area (Å²) in [6, 6.07) is 19.3. The number of nitrogens with zero attached hydrogens (tertiary/aromatic N) is 4. The summed E-state index contributed by atoms with van der Waals surface area (Å²) >= 11 is 0. The summed E-state index contributed by atoms with van der Waals surface area (Å²) in [6.45, 7) is 14.3. The molecule has 6 rings (SSSR count). The van der Waals surface area contributed by atoms with Crippen molar-refractivity contribution in [2.75, 3.05) is 32.7 Å². The van der Waals surface area contributed by atoms with Gasteiger partial charge in [0.2, 0.25) is 0 Å². The fraction of sp³-hybridized carbons (Fsp3) is 0.579. The molecule has 0 spiro atoms. The van der Waals surface area contributed by atoms with Gasteiger partial charge in [-0.15, -0.1) is 0 Å². The van der Waals surface area contributed by atoms with Gasteiger partial charge in [0.25, 0.3) is 0 Å². The third-order valence-electron chi connectivity index (χ3n) is 10.6. The first-order chi connectivity index (χ1) is 21.8. The molecule has 3 aliphatic rings. The molecule has 4 atom stereocenters. The Morgan fingerprint density at radius 2 is 1.78 bits per heavy atom. The van der Waals surface area contributed by atoms with E-state index in [1.54, 1.807) is 0 Å². The summed E-state index contributed by atoms with van der Waals surface area (Å²) in [6.07, 6.45) is 6.76. The van der Waals surface area contributed by atoms with E-state index in [2.05, 4.69) is 96.8 Å². The smallest absolute Gasteiger partial charge is 0.321 e. The number of carbonyl (C=O) groups is 1. The van der Waals surface area contributed by atoms with Crippen LogP contribution in [0.2, 0.25) is 0 Å². The van der Waals surface area contributed by atoms with E-state index < -0.39 is 12.0 Å². The van der Waals surface area contributed by atoms with Gasteiger partial charge in [-0.1, -0.05) is 62.2 Å². The van der Waals surface area contributed by atoms with Crippen molar-refractivity contribution in [3.05, 3.63) is 82.7 Å². The lowest BCUT2D eigenvalue weighted by Gasteiger charge is -2.35. The maximum absolute atomic E-state index is 12.4. The summed E-state index contributed by atoms with van der Waals surface area (Å²) in [5.74, 6) is 1.71. The summed E-state index contributed by atoms with van der Waals surface area (Å²) in [7, 11) is 0. The van der Waals surface area contributed by atoms with Gasteiger partial charge in [0.05, 0.1) is 11.8 Å². The molecule has 4 unspecified atom stereocenters. The van der Waals surface area contributed by atoms with Gasteiger partial charge >= 0.3 is 5.97 Å². The third kappa shape index (κ3) is 7.63. The molecule has 3 heterocycles. The fourth-order valence-electron chi connectivity index (χ4n) is 7.75. The largest absolute Gasteiger partial charge is 0.490 e. The minimum Gasteiger partial charge on any atom is -0.490 e. The van der Waals surface area contributed by atoms with Gasteiger partial charge in [-0.3, -0.25) is 14.4 Å². The van der Waals surface area contributed by atoms with E-state index in [1.807, 2.05) is 0 Å². The Hall–Kier alpha value is -3.16. The van der Waals surface area contributed by atoms with Gasteiger partial charge in [-0.25, -0.2) is 0 Å². The molecule has 2 aliphatic heterocycles. The van der Waals surface area contributed by atoms with Gasteiger partial charge in [-0.05, 0) is 93.8 Å². The number of likely N-dealkylation sites (tertiary alicyclic amines) is 2. The first kappa shape index (κ1) is 31.8. The van der Waals surface area contributed by atoms with E-state index in [0.717, 1.165) is 76.4 Å². The third-order valence-corrected chi connectivity index (χ3v) is 10.6. The Labute approximate surface area is 269 Å². The molecule has 3 aromatic rings. The van der Waals surface area contributed by atoms with Crippen LogP contribution in [0.25, 0.3) is 0 Å². The van der Waals surface area contributed by atoms with E-state index in [4.69, 9.17) is 9.84 Å². The van der Waals surface area contributed by atoms with Crippen LogP contribution in [-0.2, 0) is 17.8 Å². The molecular formula is C38H52N4O3. The summed E-state index contributed by atoms with van der Waals surface area (Å²) in [4.78, 5) is 17.3. The number of carboxylic acids is 1. The second kappa shape index (κ2) is 14.1. The van der Waals surface area contributed by atoms with Crippen molar-refractivity contribution in [2.24, 2.45) is 11.8 Å². The molecule has 3 fully saturated rings. The molecule has 1 N–H and O–H groups in total. The second-order valence-corrected chi connectivity index (χ2v) is 14.0. The number of aliphatic carboxylic acids is 1. The van der Waals surface area contributed by atoms with Crippen LogP contribution in [0, 0.1) is 18.8 Å². The van der Waals surface area contributed by atoms with E-state index in [0.29, 0.717) is 23.9 Å². The van der Waals surface area contributed by atoms with Crippen molar-refractivity contribution in [2.45, 2.75) is 96.7 Å². The van der Waals surface area contributed by atoms with Crippen molar-refractivity contribution in [3.63, 3.8) is 0 Å². The van der Waals surface area contributed by atoms with Crippen LogP contribution in [0.15, 0.2) is 54.6 Å². The van der Waals surface area contributed by atoms with Crippen molar-refractivity contribution >= 4 is 5.97 Å². The van der Waals surface area contributed by atoms with Crippen molar-refractivity contribution < 1.29 is 14.6 Å². The van der Waals surface area contributed by atoms with Crippen molar-refractivity contribution in [1.29, 1.82) is 0 Å². The first-order valence-electron chi connectivity index (χ1n) is 17.4. The lowest BCUT2D eigenvalue weighted by molar-refractivity contribution is -0.145. The number of aryl methyl sites for hydroxylation is 2. The topological polar surface area (TPSA) is 70.8 Å². The van der Waals surface area contributed by atoms with Crippen LogP contribution in [0.3, 0.4) is 0 Å². The highest BCUT2D eigenvalue weighted by Gasteiger charge is 2.42. The Kier molecular flexibility index (Phi) is 9.96. The van der Waals surface area contributed by atoms with Gasteiger partial charge in [0.1, 0.15) is 11.8 Å². The van der Waals surface area contributed by atoms with E-state index >= 15 is 0 Å². The van der Waals surface area contributed by atoms with Crippen molar-refractivity contribution in [3.8, 4) is 5.75 Å². The molecule has 0 bridgehead atoms. The Morgan fingerprint density at radius 3 is 2.42 bits per heavy atom. The molecular weight excluding hydrogens is 560 g/mol. The van der Waals surface area contributed by atoms with Crippen LogP contribution in [0.4, 0.5) is 0 Å². The van der Waals surface area contributed by atoms with Crippen LogP contribution < -0.4 is 4.74 Å². The molecule has 2 aromatic carbocycles. The zero-order valence-electron chi connectivity index (χ0n) is 27.7. The zero-order valence-corrected chi connectivity index (χ0v) is 27.7. The summed E-state index contributed by atoms with van der Waals surface area (Å²) in [5, 5.41) is 15.2. The highest BCUT2D eigenvalue weighted by atomic mass is 16.5. The molecule has 1 aromatic heterocycles. The highest BCUT2D eigenvalue weighted by Crippen LogP contribution is 2.38. The molecule has 242 valence electrons. The predicted octanol–water partition coefficient (Wildman–Crippen LogP) is 6.74. The van der Waals surface area contributed by atoms with Crippen LogP contribution in [0.1, 0.15) is 92.8 Å². The fourth-order valence-corrected chi connectivity index (χ4v) is 7.75. The molecule has 7 nitrogen and oxygen atoms in total. The Morgan fingerprint density at radius 1 is 1.02 bits per heavy atom. The highest BCUT2D eigenvalue weighted by molar-refractivity contribution is 5.74. The Bertz CT molecular complexity index is 1420. The molecule has 0 radical (unpaired) electrons. The predicted molar refractivity (Wildman–Crippen MR) is 179 cm³/mol. The van der Waals surface area contributed by atoms with E-state index in [-0.39, 0.29) is 5.92 Å². The molecule has 0 amide bonds. The summed E-state index contributed by atoms with van der Waals surface area (Å²) < 4.78 is 8.15. The number of ether oxygens (including phenoxy) is 1. The average Bonchev–Trinajstić information content (AvgIpc) is 3.62. The molecule has 1 saturated carbocycles. The minimum atomic E-state index is -0.680. The molecule has 45 heavy (non-hydrogen) atoms. The molecule has 2 saturated heterocycles. The van der Waals surface area contributed by atoms with Gasteiger partial charge < -0.3 is 14.7 Å². The number of rotatable bonds is 13. The zero-order chi connectivity index (χ0) is 31.5. The van der Waals surface area contributed by atoms with E-state index in [9.17, 15) is 9.90 Å². The van der Waals surface area contributed by atoms with Gasteiger partial charge in [-0.2, -0.15) is 5.10 Å². The number of aromatic nitrogens is 2. The maximum Gasteiger partial charge on any atom is 0.321 e. The maximum atomic E-state index is 12.4. The second-order valence-electron chi connectivity index (χ2n) is 14.0. The van der Waals surface area contributed by atoms with Crippen LogP contribution >= 0.6 is 0 Å². The number of hydrogen-bond donors (Lipinski definition) is 1. The minimum absolute atomic E-state index is 0.129. The normalized spacial score (nSPS) is 22.8. The first-order valence-corrected chi connectivity index (χ1v) is 17.4. The number of piperidine rings is 1. The van der Waals surface area contributed by atoms with Gasteiger partial charge in [0.15, 0.2) is 0 Å². The average molecular weight is 613 g/mol. The molecule has 7 heteroatoms. The monoisotopic (exact) mass is 612 g/mol. The van der Waals surface area contributed by atoms with Gasteiger partial charge in [0, 0.05) is 50.1 Å². The Balaban J connectivity index is 1.10. The number of hydrogen-bond acceptors (Lipinski definition) is 5. The lowest BCUT2D eigenvalue weighted by atomic mass is 9.86. The summed E-state index contributed by atoms with van der Waals surface area (Å²) in [5.41, 5.74) is 6.42. The number of benzene rings is 2. The standard InChI is InChI=1S/C38H52N4O3/c1-5-27(4)37(38(43)44)41-24-31(35(25-41)30-9-7-8-26(3)20-30)23-40-18-16-29(17-19-40)36-22-32(39-42(36)6-2)21-28-10-12-33(13-11-28)45-34-14-15-34/h7-13,20,22,27,29,31,34-35,37H,5-6,14-19,21,23-25H2,1-4H3,(H,43,44). The quantitative estimate of drug-likeness (QED) is 0.231. The SMILES string of the molecule is CCC(C)C(C(=O)O)N1CC(CN2CCC(c3cc(Cc4ccc(OC5CC5)cc4)nn3CC)CC2)C(c2cccc(C)c2)C1. The van der Waals surface area contributed by atoms with Crippen LogP contribution in [-0.4, -0.2) is 75.5 Å². The molecule has 1 aliphatic carbocycles. The lowest BCUT2D eigenvalue weighted by Crippen LogP contribution is -2.45. The number of carboxylic acid groups (broad SMARTS) is 1.